The van der Waals surface area contributed by atoms with E-state index in [0.717, 1.165) is 17.4 Å². The van der Waals surface area contributed by atoms with E-state index in [4.69, 9.17) is 5.73 Å². The molecule has 3 rings (SSSR count). The minimum Gasteiger partial charge on any atom is -0.367 e. The van der Waals surface area contributed by atoms with Gasteiger partial charge >= 0.3 is 0 Å². The fourth-order valence-electron chi connectivity index (χ4n) is 2.19. The Kier molecular flexibility index (Phi) is 3.05. The van der Waals surface area contributed by atoms with Gasteiger partial charge in [-0.1, -0.05) is 36.4 Å². The third kappa shape index (κ3) is 2.13. The molecule has 19 heavy (non-hydrogen) atoms. The first-order valence-corrected chi connectivity index (χ1v) is 6.91. The fraction of sp³-hybridized carbons (Fsp3) is 0.143. The summed E-state index contributed by atoms with van der Waals surface area (Å²) in [5.74, 6) is 0.332. The number of nitrogens with two attached hydrogens (primary N) is 1. The van der Waals surface area contributed by atoms with Crippen LogP contribution < -0.4 is 10.6 Å². The Hall–Kier alpha value is -2.14. The third-order valence-corrected chi connectivity index (χ3v) is 3.79. The summed E-state index contributed by atoms with van der Waals surface area (Å²) < 4.78 is 4.06. The summed E-state index contributed by atoms with van der Waals surface area (Å²) in [6.45, 7) is 2.92. The number of rotatable bonds is 3. The van der Waals surface area contributed by atoms with Gasteiger partial charge in [0.1, 0.15) is 0 Å². The number of hydrogen-bond donors (Lipinski definition) is 1. The maximum absolute atomic E-state index is 5.62. The summed E-state index contributed by atoms with van der Waals surface area (Å²) in [6, 6.07) is 14.6. The molecule has 0 saturated carbocycles. The number of anilines is 3. The summed E-state index contributed by atoms with van der Waals surface area (Å²) in [7, 11) is 0. The highest BCUT2D eigenvalue weighted by Crippen LogP contribution is 2.33. The first-order valence-electron chi connectivity index (χ1n) is 6.14. The van der Waals surface area contributed by atoms with Crippen LogP contribution in [0.5, 0.6) is 0 Å². The molecule has 0 radical (unpaired) electrons. The number of fused-ring (bicyclic) bond motifs is 1. The first-order chi connectivity index (χ1) is 9.29. The average Bonchev–Trinajstić information content (AvgIpc) is 2.86. The van der Waals surface area contributed by atoms with Crippen molar-refractivity contribution in [1.29, 1.82) is 0 Å². The Morgan fingerprint density at radius 1 is 1.16 bits per heavy atom. The number of nitrogen functional groups attached to an aromatic ring is 1. The molecule has 0 aliphatic carbocycles. The van der Waals surface area contributed by atoms with Crippen LogP contribution in [0.3, 0.4) is 0 Å². The molecule has 0 aliphatic rings. The van der Waals surface area contributed by atoms with Crippen molar-refractivity contribution in [2.45, 2.75) is 6.92 Å². The minimum absolute atomic E-state index is 0.332. The lowest BCUT2D eigenvalue weighted by atomic mass is 10.1. The fourth-order valence-corrected chi connectivity index (χ4v) is 2.86. The van der Waals surface area contributed by atoms with Gasteiger partial charge in [-0.25, -0.2) is 0 Å². The van der Waals surface area contributed by atoms with Gasteiger partial charge in [0.2, 0.25) is 11.1 Å². The van der Waals surface area contributed by atoms with E-state index in [-0.39, 0.29) is 0 Å². The highest BCUT2D eigenvalue weighted by Gasteiger charge is 2.14. The molecule has 5 heteroatoms. The molecule has 4 nitrogen and oxygen atoms in total. The molecule has 1 heterocycles. The highest BCUT2D eigenvalue weighted by molar-refractivity contribution is 7.10. The van der Waals surface area contributed by atoms with E-state index in [1.807, 2.05) is 12.1 Å². The molecule has 0 atom stereocenters. The average molecular weight is 270 g/mol. The van der Waals surface area contributed by atoms with E-state index in [1.165, 1.54) is 22.3 Å². The van der Waals surface area contributed by atoms with E-state index in [9.17, 15) is 0 Å². The topological polar surface area (TPSA) is 55.0 Å². The summed E-state index contributed by atoms with van der Waals surface area (Å²) in [5, 5.41) is 3.26. The van der Waals surface area contributed by atoms with Crippen LogP contribution in [0.4, 0.5) is 16.8 Å². The van der Waals surface area contributed by atoms with E-state index in [0.29, 0.717) is 5.95 Å². The van der Waals surface area contributed by atoms with Crippen molar-refractivity contribution in [2.24, 2.45) is 0 Å². The van der Waals surface area contributed by atoms with Crippen LogP contribution >= 0.6 is 11.5 Å². The monoisotopic (exact) mass is 270 g/mol. The van der Waals surface area contributed by atoms with Crippen molar-refractivity contribution >= 4 is 39.1 Å². The third-order valence-electron chi connectivity index (χ3n) is 3.04. The second kappa shape index (κ2) is 4.85. The molecule has 3 aromatic rings. The van der Waals surface area contributed by atoms with Crippen molar-refractivity contribution in [1.82, 2.24) is 9.36 Å². The van der Waals surface area contributed by atoms with Crippen LogP contribution in [0, 0.1) is 0 Å². The zero-order valence-electron chi connectivity index (χ0n) is 10.6. The van der Waals surface area contributed by atoms with Gasteiger partial charge in [0.15, 0.2) is 0 Å². The molecule has 0 amide bonds. The van der Waals surface area contributed by atoms with Crippen LogP contribution in [-0.4, -0.2) is 15.9 Å². The van der Waals surface area contributed by atoms with Crippen LogP contribution in [0.15, 0.2) is 42.5 Å². The molecule has 2 aromatic carbocycles. The van der Waals surface area contributed by atoms with Gasteiger partial charge in [-0.15, -0.1) is 0 Å². The van der Waals surface area contributed by atoms with Gasteiger partial charge in [-0.3, -0.25) is 0 Å². The Morgan fingerprint density at radius 3 is 2.68 bits per heavy atom. The Labute approximate surface area is 115 Å². The molecule has 0 spiro atoms. The molecule has 0 unspecified atom stereocenters. The highest BCUT2D eigenvalue weighted by atomic mass is 32.1. The van der Waals surface area contributed by atoms with Crippen LogP contribution in [0.1, 0.15) is 6.92 Å². The Balaban J connectivity index is 2.16. The molecule has 2 N–H and O–H groups in total. The summed E-state index contributed by atoms with van der Waals surface area (Å²) >= 11 is 1.33. The minimum atomic E-state index is 0.332. The lowest BCUT2D eigenvalue weighted by Crippen LogP contribution is -2.16. The normalized spacial score (nSPS) is 10.8. The van der Waals surface area contributed by atoms with Gasteiger partial charge in [0.25, 0.3) is 0 Å². The Bertz CT molecular complexity index is 702. The summed E-state index contributed by atoms with van der Waals surface area (Å²) in [6.07, 6.45) is 0. The Morgan fingerprint density at radius 2 is 1.95 bits per heavy atom. The van der Waals surface area contributed by atoms with Crippen molar-refractivity contribution in [3.63, 3.8) is 0 Å². The molecule has 0 saturated heterocycles. The molecule has 0 fully saturated rings. The van der Waals surface area contributed by atoms with E-state index >= 15 is 0 Å². The van der Waals surface area contributed by atoms with Gasteiger partial charge < -0.3 is 10.6 Å². The predicted molar refractivity (Wildman–Crippen MR) is 80.9 cm³/mol. The van der Waals surface area contributed by atoms with Crippen molar-refractivity contribution in [2.75, 3.05) is 17.2 Å². The van der Waals surface area contributed by atoms with Gasteiger partial charge in [0, 0.05) is 23.5 Å². The zero-order valence-corrected chi connectivity index (χ0v) is 11.4. The summed E-state index contributed by atoms with van der Waals surface area (Å²) in [5.41, 5.74) is 6.76. The standard InChI is InChI=1S/C14H14N4S/c1-2-18(14-16-13(15)17-19-14)12-9-5-7-10-6-3-4-8-11(10)12/h3-9H,2H2,1H3,(H2,15,17). The molecule has 0 bridgehead atoms. The van der Waals surface area contributed by atoms with Crippen LogP contribution in [0.25, 0.3) is 10.8 Å². The van der Waals surface area contributed by atoms with E-state index in [1.54, 1.807) is 0 Å². The van der Waals surface area contributed by atoms with Crippen molar-refractivity contribution in [3.8, 4) is 0 Å². The van der Waals surface area contributed by atoms with Gasteiger partial charge in [-0.2, -0.15) is 9.36 Å². The second-order valence-electron chi connectivity index (χ2n) is 4.18. The molecule has 0 aliphatic heterocycles. The van der Waals surface area contributed by atoms with E-state index < -0.39 is 0 Å². The number of benzene rings is 2. The van der Waals surface area contributed by atoms with Crippen LogP contribution in [-0.2, 0) is 0 Å². The zero-order chi connectivity index (χ0) is 13.2. The summed E-state index contributed by atoms with van der Waals surface area (Å²) in [4.78, 5) is 6.41. The van der Waals surface area contributed by atoms with Crippen molar-refractivity contribution < 1.29 is 0 Å². The van der Waals surface area contributed by atoms with Crippen LogP contribution in [0.2, 0.25) is 0 Å². The quantitative estimate of drug-likeness (QED) is 0.792. The lowest BCUT2D eigenvalue weighted by molar-refractivity contribution is 1.02. The number of aromatic nitrogens is 2. The van der Waals surface area contributed by atoms with Gasteiger partial charge in [-0.05, 0) is 18.4 Å². The molecular formula is C14H14N4S. The maximum atomic E-state index is 5.62. The van der Waals surface area contributed by atoms with Gasteiger partial charge in [0.05, 0.1) is 5.69 Å². The van der Waals surface area contributed by atoms with E-state index in [2.05, 4.69) is 51.5 Å². The van der Waals surface area contributed by atoms with Crippen molar-refractivity contribution in [3.05, 3.63) is 42.5 Å². The largest absolute Gasteiger partial charge is 0.367 e. The predicted octanol–water partition coefficient (Wildman–Crippen LogP) is 3.43. The molecular weight excluding hydrogens is 256 g/mol. The second-order valence-corrected chi connectivity index (χ2v) is 4.91. The maximum Gasteiger partial charge on any atom is 0.233 e. The molecule has 96 valence electrons. The number of nitrogens with zero attached hydrogens (tertiary/aromatic N) is 3. The first kappa shape index (κ1) is 11.9. The lowest BCUT2D eigenvalue weighted by Gasteiger charge is -2.21. The molecule has 1 aromatic heterocycles. The smallest absolute Gasteiger partial charge is 0.233 e. The number of hydrogen-bond acceptors (Lipinski definition) is 5. The SMILES string of the molecule is CCN(c1nc(N)ns1)c1cccc2ccccc12.